The first kappa shape index (κ1) is 23.4. The smallest absolute Gasteiger partial charge is 0.429 e. The van der Waals surface area contributed by atoms with Crippen LogP contribution in [-0.4, -0.2) is 0 Å². The molecule has 0 aliphatic heterocycles. The molecule has 0 aliphatic rings. The van der Waals surface area contributed by atoms with Crippen LogP contribution in [0.15, 0.2) is 72.8 Å². The summed E-state index contributed by atoms with van der Waals surface area (Å²) in [5, 5.41) is 0. The number of alkyl halides is 2. The molecule has 0 saturated carbocycles. The average molecular weight is 476 g/mol. The highest BCUT2D eigenvalue weighted by Crippen LogP contribution is 2.36. The Kier molecular flexibility index (Phi) is 6.08. The summed E-state index contributed by atoms with van der Waals surface area (Å²) in [5.74, 6) is -8.51. The van der Waals surface area contributed by atoms with Crippen LogP contribution in [0, 0.1) is 36.0 Å². The predicted octanol–water partition coefficient (Wildman–Crippen LogP) is 8.15. The third kappa shape index (κ3) is 4.62. The minimum atomic E-state index is -4.35. The SMILES string of the molecule is Cc1ccc(-c2ccc(-c3ccc(C(F)(F)Oc4cc(F)c(F)c(F)c4)c(F)c3)c(F)c2)cc1. The number of hydrogen-bond acceptors (Lipinski definition) is 1. The number of benzene rings is 4. The molecule has 0 aromatic heterocycles. The van der Waals surface area contributed by atoms with E-state index in [0.717, 1.165) is 17.2 Å². The van der Waals surface area contributed by atoms with Crippen molar-refractivity contribution in [2.45, 2.75) is 13.0 Å². The molecule has 174 valence electrons. The van der Waals surface area contributed by atoms with E-state index < -0.39 is 46.5 Å². The first-order chi connectivity index (χ1) is 16.0. The van der Waals surface area contributed by atoms with Crippen LogP contribution in [0.4, 0.5) is 30.7 Å². The molecular formula is C26H15F7O. The minimum Gasteiger partial charge on any atom is -0.429 e. The highest BCUT2D eigenvalue weighted by Gasteiger charge is 2.38. The summed E-state index contributed by atoms with van der Waals surface area (Å²) < 4.78 is 102. The van der Waals surface area contributed by atoms with Crippen LogP contribution < -0.4 is 4.74 Å². The van der Waals surface area contributed by atoms with Crippen LogP contribution in [0.1, 0.15) is 11.1 Å². The van der Waals surface area contributed by atoms with Gasteiger partial charge in [0.15, 0.2) is 17.5 Å². The second-order valence-corrected chi connectivity index (χ2v) is 7.58. The molecule has 4 aromatic rings. The number of ether oxygens (including phenoxy) is 1. The van der Waals surface area contributed by atoms with Crippen molar-refractivity contribution in [3.05, 3.63) is 113 Å². The van der Waals surface area contributed by atoms with Crippen molar-refractivity contribution in [2.75, 3.05) is 0 Å². The first-order valence-corrected chi connectivity index (χ1v) is 9.93. The van der Waals surface area contributed by atoms with Crippen LogP contribution in [0.5, 0.6) is 5.75 Å². The Morgan fingerprint density at radius 3 is 1.74 bits per heavy atom. The lowest BCUT2D eigenvalue weighted by Gasteiger charge is -2.19. The minimum absolute atomic E-state index is 0.0103. The predicted molar refractivity (Wildman–Crippen MR) is 113 cm³/mol. The monoisotopic (exact) mass is 476 g/mol. The second kappa shape index (κ2) is 8.85. The summed E-state index contributed by atoms with van der Waals surface area (Å²) in [6.45, 7) is 1.91. The van der Waals surface area contributed by atoms with Crippen molar-refractivity contribution in [3.8, 4) is 28.0 Å². The first-order valence-electron chi connectivity index (χ1n) is 9.93. The highest BCUT2D eigenvalue weighted by atomic mass is 19.3. The van der Waals surface area contributed by atoms with E-state index in [0.29, 0.717) is 17.7 Å². The number of halogens is 7. The fourth-order valence-electron chi connectivity index (χ4n) is 3.39. The van der Waals surface area contributed by atoms with E-state index in [2.05, 4.69) is 4.74 Å². The molecule has 4 rings (SSSR count). The van der Waals surface area contributed by atoms with Crippen molar-refractivity contribution >= 4 is 0 Å². The maximum atomic E-state index is 14.8. The Hall–Kier alpha value is -3.81. The maximum absolute atomic E-state index is 14.8. The zero-order valence-electron chi connectivity index (χ0n) is 17.5. The Bertz CT molecular complexity index is 1340. The summed E-state index contributed by atoms with van der Waals surface area (Å²) in [5.41, 5.74) is 1.10. The summed E-state index contributed by atoms with van der Waals surface area (Å²) in [7, 11) is 0. The van der Waals surface area contributed by atoms with E-state index in [1.54, 1.807) is 6.07 Å². The molecule has 0 fully saturated rings. The summed E-state index contributed by atoms with van der Waals surface area (Å²) in [6.07, 6.45) is -4.35. The van der Waals surface area contributed by atoms with Gasteiger partial charge in [-0.15, -0.1) is 0 Å². The molecule has 34 heavy (non-hydrogen) atoms. The van der Waals surface area contributed by atoms with Crippen LogP contribution in [0.25, 0.3) is 22.3 Å². The van der Waals surface area contributed by atoms with Gasteiger partial charge in [-0.1, -0.05) is 48.0 Å². The van der Waals surface area contributed by atoms with Crippen molar-refractivity contribution < 1.29 is 35.5 Å². The van der Waals surface area contributed by atoms with Crippen molar-refractivity contribution in [1.82, 2.24) is 0 Å². The van der Waals surface area contributed by atoms with Gasteiger partial charge in [0.1, 0.15) is 17.4 Å². The van der Waals surface area contributed by atoms with Crippen molar-refractivity contribution in [2.24, 2.45) is 0 Å². The van der Waals surface area contributed by atoms with E-state index in [1.807, 2.05) is 31.2 Å². The number of hydrogen-bond donors (Lipinski definition) is 0. The van der Waals surface area contributed by atoms with E-state index in [9.17, 15) is 30.7 Å². The Morgan fingerprint density at radius 2 is 1.15 bits per heavy atom. The van der Waals surface area contributed by atoms with Crippen LogP contribution in [0.3, 0.4) is 0 Å². The third-order valence-electron chi connectivity index (χ3n) is 5.15. The van der Waals surface area contributed by atoms with E-state index in [4.69, 9.17) is 0 Å². The molecule has 0 N–H and O–H groups in total. The molecule has 0 saturated heterocycles. The molecule has 0 atom stereocenters. The van der Waals surface area contributed by atoms with Gasteiger partial charge in [0, 0.05) is 17.7 Å². The van der Waals surface area contributed by atoms with Crippen molar-refractivity contribution in [1.29, 1.82) is 0 Å². The Balaban J connectivity index is 1.62. The summed E-state index contributed by atoms with van der Waals surface area (Å²) in [4.78, 5) is 0. The zero-order chi connectivity index (χ0) is 24.6. The summed E-state index contributed by atoms with van der Waals surface area (Å²) in [6, 6.07) is 14.5. The van der Waals surface area contributed by atoms with Gasteiger partial charge in [0.2, 0.25) is 0 Å². The van der Waals surface area contributed by atoms with E-state index in [1.165, 1.54) is 12.1 Å². The topological polar surface area (TPSA) is 9.23 Å². The molecule has 0 heterocycles. The normalized spacial score (nSPS) is 11.5. The quantitative estimate of drug-likeness (QED) is 0.209. The highest BCUT2D eigenvalue weighted by molar-refractivity contribution is 5.71. The van der Waals surface area contributed by atoms with Gasteiger partial charge in [-0.2, -0.15) is 8.78 Å². The Morgan fingerprint density at radius 1 is 0.588 bits per heavy atom. The van der Waals surface area contributed by atoms with E-state index in [-0.39, 0.29) is 23.3 Å². The van der Waals surface area contributed by atoms with Crippen LogP contribution in [0.2, 0.25) is 0 Å². The van der Waals surface area contributed by atoms with Gasteiger partial charge in [0.25, 0.3) is 0 Å². The van der Waals surface area contributed by atoms with Crippen molar-refractivity contribution in [3.63, 3.8) is 0 Å². The van der Waals surface area contributed by atoms with Gasteiger partial charge >= 0.3 is 6.11 Å². The number of aryl methyl sites for hydroxylation is 1. The lowest BCUT2D eigenvalue weighted by Crippen LogP contribution is -2.23. The van der Waals surface area contributed by atoms with E-state index >= 15 is 0 Å². The molecular weight excluding hydrogens is 461 g/mol. The third-order valence-corrected chi connectivity index (χ3v) is 5.15. The van der Waals surface area contributed by atoms with Gasteiger partial charge < -0.3 is 4.74 Å². The molecule has 0 amide bonds. The molecule has 0 bridgehead atoms. The molecule has 0 aliphatic carbocycles. The van der Waals surface area contributed by atoms with Gasteiger partial charge in [0.05, 0.1) is 5.56 Å². The standard InChI is InChI=1S/C26H15F7O/c1-14-2-4-15(5-3-14)16-6-8-19(21(27)10-16)17-7-9-20(22(28)11-17)26(32,33)34-18-12-23(29)25(31)24(30)13-18/h2-13H,1H3. The molecule has 0 unspecified atom stereocenters. The molecule has 0 radical (unpaired) electrons. The second-order valence-electron chi connectivity index (χ2n) is 7.58. The largest absolute Gasteiger partial charge is 0.429 e. The zero-order valence-corrected chi connectivity index (χ0v) is 17.5. The fourth-order valence-corrected chi connectivity index (χ4v) is 3.39. The van der Waals surface area contributed by atoms with Crippen LogP contribution in [-0.2, 0) is 6.11 Å². The lowest BCUT2D eigenvalue weighted by molar-refractivity contribution is -0.187. The molecule has 1 nitrogen and oxygen atoms in total. The van der Waals surface area contributed by atoms with Crippen LogP contribution >= 0.6 is 0 Å². The maximum Gasteiger partial charge on any atom is 0.429 e. The Labute approximate surface area is 190 Å². The number of rotatable bonds is 5. The van der Waals surface area contributed by atoms with Gasteiger partial charge in [-0.25, -0.2) is 22.0 Å². The summed E-state index contributed by atoms with van der Waals surface area (Å²) >= 11 is 0. The van der Waals surface area contributed by atoms with Gasteiger partial charge in [-0.3, -0.25) is 0 Å². The molecule has 0 spiro atoms. The van der Waals surface area contributed by atoms with Gasteiger partial charge in [-0.05, 0) is 41.8 Å². The molecule has 4 aromatic carbocycles. The average Bonchev–Trinajstić information content (AvgIpc) is 2.77. The fraction of sp³-hybridized carbons (Fsp3) is 0.0769. The molecule has 8 heteroatoms. The lowest BCUT2D eigenvalue weighted by atomic mass is 9.98.